The van der Waals surface area contributed by atoms with Crippen LogP contribution in [0.3, 0.4) is 0 Å². The molecule has 3 aliphatic rings. The molecule has 0 aromatic heterocycles. The van der Waals surface area contributed by atoms with Crippen LogP contribution in [0, 0.1) is 0 Å². The molecular weight excluding hydrogens is 466 g/mol. The van der Waals surface area contributed by atoms with E-state index in [1.807, 2.05) is 25.1 Å². The van der Waals surface area contributed by atoms with Crippen LogP contribution in [0.5, 0.6) is 11.5 Å². The Morgan fingerprint density at radius 2 is 1.92 bits per heavy atom. The number of methoxy groups -OCH3 is 2. The van der Waals surface area contributed by atoms with E-state index in [9.17, 15) is 14.7 Å². The lowest BCUT2D eigenvalue weighted by molar-refractivity contribution is -0.178. The molecule has 2 aliphatic heterocycles. The maximum atomic E-state index is 13.4. The summed E-state index contributed by atoms with van der Waals surface area (Å²) in [5.41, 5.74) is 0.137. The Balaban J connectivity index is 1.72. The lowest BCUT2D eigenvalue weighted by Gasteiger charge is -2.34. The Morgan fingerprint density at radius 1 is 1.17 bits per heavy atom. The van der Waals surface area contributed by atoms with Crippen LogP contribution in [-0.4, -0.2) is 73.8 Å². The van der Waals surface area contributed by atoms with Gasteiger partial charge in [0.15, 0.2) is 23.2 Å². The number of hydrogen-bond acceptors (Lipinski definition) is 9. The molecule has 0 radical (unpaired) electrons. The zero-order valence-corrected chi connectivity index (χ0v) is 21.6. The van der Waals surface area contributed by atoms with Gasteiger partial charge in [-0.3, -0.25) is 9.69 Å². The van der Waals surface area contributed by atoms with Crippen LogP contribution in [-0.2, 0) is 30.2 Å². The van der Waals surface area contributed by atoms with Crippen LogP contribution >= 0.6 is 0 Å². The Morgan fingerprint density at radius 3 is 2.58 bits per heavy atom. The first-order valence-corrected chi connectivity index (χ1v) is 12.8. The van der Waals surface area contributed by atoms with Crippen molar-refractivity contribution in [3.8, 4) is 11.5 Å². The summed E-state index contributed by atoms with van der Waals surface area (Å²) in [7, 11) is 2.78. The summed E-state index contributed by atoms with van der Waals surface area (Å²) < 4.78 is 27.8. The quantitative estimate of drug-likeness (QED) is 0.483. The normalized spacial score (nSPS) is 24.1. The third-order valence-corrected chi connectivity index (χ3v) is 7.37. The van der Waals surface area contributed by atoms with E-state index in [-0.39, 0.29) is 25.2 Å². The summed E-state index contributed by atoms with van der Waals surface area (Å²) in [5.74, 6) is 0.120. The number of esters is 2. The molecule has 4 atom stereocenters. The molecule has 2 unspecified atom stereocenters. The maximum absolute atomic E-state index is 13.4. The highest BCUT2D eigenvalue weighted by atomic mass is 16.7. The second-order valence-corrected chi connectivity index (χ2v) is 9.69. The molecule has 1 aromatic rings. The second-order valence-electron chi connectivity index (χ2n) is 9.69. The highest BCUT2D eigenvalue weighted by molar-refractivity contribution is 5.86. The average molecular weight is 504 g/mol. The van der Waals surface area contributed by atoms with Crippen molar-refractivity contribution >= 4 is 11.9 Å². The van der Waals surface area contributed by atoms with E-state index < -0.39 is 30.1 Å². The van der Waals surface area contributed by atoms with Gasteiger partial charge in [0.2, 0.25) is 6.79 Å². The predicted molar refractivity (Wildman–Crippen MR) is 131 cm³/mol. The first-order valence-electron chi connectivity index (χ1n) is 12.8. The molecule has 0 amide bonds. The second kappa shape index (κ2) is 11.1. The van der Waals surface area contributed by atoms with Crippen LogP contribution in [0.1, 0.15) is 63.0 Å². The number of ether oxygens (including phenoxy) is 5. The fourth-order valence-electron chi connectivity index (χ4n) is 5.49. The largest absolute Gasteiger partial charge is 0.497 e. The van der Waals surface area contributed by atoms with E-state index in [4.69, 9.17) is 23.7 Å². The zero-order chi connectivity index (χ0) is 25.9. The Bertz CT molecular complexity index is 1010. The van der Waals surface area contributed by atoms with E-state index >= 15 is 0 Å². The van der Waals surface area contributed by atoms with E-state index in [2.05, 4.69) is 11.8 Å². The number of benzene rings is 1. The Kier molecular flexibility index (Phi) is 8.10. The lowest BCUT2D eigenvalue weighted by atomic mass is 9.87. The van der Waals surface area contributed by atoms with Crippen LogP contribution in [0.2, 0.25) is 0 Å². The minimum Gasteiger partial charge on any atom is -0.497 e. The SMILES string of the molecule is CCCCN1CCc2cc3c(cc2[C@H]2C1C=C(OC)[C@H]2OC(=O)C(O)(CCC)CC(=O)OC)OCO3. The number of fused-ring (bicyclic) bond motifs is 4. The van der Waals surface area contributed by atoms with E-state index in [1.165, 1.54) is 7.11 Å². The van der Waals surface area contributed by atoms with Gasteiger partial charge in [0.1, 0.15) is 5.76 Å². The average Bonchev–Trinajstić information content (AvgIpc) is 3.43. The first-order chi connectivity index (χ1) is 17.3. The molecule has 0 spiro atoms. The number of unbranched alkanes of at least 4 members (excludes halogenated alkanes) is 1. The molecule has 198 valence electrons. The summed E-state index contributed by atoms with van der Waals surface area (Å²) >= 11 is 0. The minimum absolute atomic E-state index is 0.0641. The molecule has 1 aliphatic carbocycles. The number of hydrogen-bond donors (Lipinski definition) is 1. The molecule has 1 N–H and O–H groups in total. The van der Waals surface area contributed by atoms with Crippen LogP contribution < -0.4 is 9.47 Å². The highest BCUT2D eigenvalue weighted by Gasteiger charge is 2.49. The molecular formula is C27H37NO8. The molecule has 0 saturated carbocycles. The number of carbonyl (C=O) groups is 2. The van der Waals surface area contributed by atoms with Gasteiger partial charge >= 0.3 is 11.9 Å². The minimum atomic E-state index is -1.98. The van der Waals surface area contributed by atoms with Crippen molar-refractivity contribution in [2.75, 3.05) is 34.1 Å². The van der Waals surface area contributed by atoms with Gasteiger partial charge in [-0.25, -0.2) is 4.79 Å². The van der Waals surface area contributed by atoms with Gasteiger partial charge in [-0.15, -0.1) is 0 Å². The van der Waals surface area contributed by atoms with E-state index in [1.54, 1.807) is 7.11 Å². The van der Waals surface area contributed by atoms with Crippen molar-refractivity contribution in [3.63, 3.8) is 0 Å². The fraction of sp³-hybridized carbons (Fsp3) is 0.630. The highest BCUT2D eigenvalue weighted by Crippen LogP contribution is 2.47. The molecule has 0 saturated heterocycles. The molecule has 9 nitrogen and oxygen atoms in total. The van der Waals surface area contributed by atoms with Gasteiger partial charge in [0.05, 0.1) is 20.6 Å². The van der Waals surface area contributed by atoms with Gasteiger partial charge in [0.25, 0.3) is 0 Å². The zero-order valence-electron chi connectivity index (χ0n) is 21.6. The van der Waals surface area contributed by atoms with Gasteiger partial charge in [-0.2, -0.15) is 0 Å². The smallest absolute Gasteiger partial charge is 0.339 e. The topological polar surface area (TPSA) is 104 Å². The molecule has 4 rings (SSSR count). The summed E-state index contributed by atoms with van der Waals surface area (Å²) in [6.07, 6.45) is 4.27. The molecule has 0 fully saturated rings. The maximum Gasteiger partial charge on any atom is 0.339 e. The molecule has 9 heteroatoms. The van der Waals surface area contributed by atoms with Crippen molar-refractivity contribution in [2.24, 2.45) is 0 Å². The summed E-state index contributed by atoms with van der Waals surface area (Å²) in [5, 5.41) is 11.2. The predicted octanol–water partition coefficient (Wildman–Crippen LogP) is 3.08. The van der Waals surface area contributed by atoms with Gasteiger partial charge in [0, 0.05) is 18.5 Å². The van der Waals surface area contributed by atoms with Gasteiger partial charge in [-0.1, -0.05) is 26.7 Å². The van der Waals surface area contributed by atoms with Crippen molar-refractivity contribution in [1.82, 2.24) is 4.90 Å². The monoisotopic (exact) mass is 503 g/mol. The van der Waals surface area contributed by atoms with Gasteiger partial charge in [-0.05, 0) is 55.1 Å². The van der Waals surface area contributed by atoms with Crippen LogP contribution in [0.15, 0.2) is 24.0 Å². The number of carbonyl (C=O) groups excluding carboxylic acids is 2. The van der Waals surface area contributed by atoms with E-state index in [0.29, 0.717) is 23.7 Å². The third-order valence-electron chi connectivity index (χ3n) is 7.37. The summed E-state index contributed by atoms with van der Waals surface area (Å²) in [6.45, 7) is 5.90. The van der Waals surface area contributed by atoms with Crippen molar-refractivity contribution in [2.45, 2.75) is 76.0 Å². The number of nitrogens with zero attached hydrogens (tertiary/aromatic N) is 1. The van der Waals surface area contributed by atoms with Crippen molar-refractivity contribution in [3.05, 3.63) is 35.1 Å². The fourth-order valence-corrected chi connectivity index (χ4v) is 5.49. The van der Waals surface area contributed by atoms with Gasteiger partial charge < -0.3 is 28.8 Å². The molecule has 36 heavy (non-hydrogen) atoms. The standard InChI is InChI=1S/C27H37NO8/c1-5-7-10-28-11-8-17-12-20-21(35-16-34-20)13-18(17)24-19(28)14-22(32-3)25(24)36-26(30)27(31,9-6-2)15-23(29)33-4/h12-14,19,24-25,31H,5-11,15-16H2,1-4H3/t19?,24-,25+,27?/m0/s1. The van der Waals surface area contributed by atoms with Crippen molar-refractivity contribution in [1.29, 1.82) is 0 Å². The lowest BCUT2D eigenvalue weighted by Crippen LogP contribution is -2.46. The number of aliphatic hydroxyl groups is 1. The van der Waals surface area contributed by atoms with Crippen LogP contribution in [0.25, 0.3) is 0 Å². The molecule has 2 heterocycles. The first kappa shape index (κ1) is 26.3. The third kappa shape index (κ3) is 5.04. The van der Waals surface area contributed by atoms with E-state index in [0.717, 1.165) is 43.5 Å². The Labute approximate surface area is 212 Å². The van der Waals surface area contributed by atoms with Crippen molar-refractivity contribution < 1.29 is 38.4 Å². The summed E-state index contributed by atoms with van der Waals surface area (Å²) in [6, 6.07) is 3.94. The molecule has 0 bridgehead atoms. The van der Waals surface area contributed by atoms with Crippen LogP contribution in [0.4, 0.5) is 0 Å². The summed E-state index contributed by atoms with van der Waals surface area (Å²) in [4.78, 5) is 27.8. The molecule has 1 aromatic carbocycles. The Hall–Kier alpha value is -2.78. The number of rotatable bonds is 10.